The zero-order valence-corrected chi connectivity index (χ0v) is 17.1. The first-order valence-electron chi connectivity index (χ1n) is 10.3. The van der Waals surface area contributed by atoms with E-state index in [9.17, 15) is 14.4 Å². The van der Waals surface area contributed by atoms with Crippen LogP contribution in [0.5, 0.6) is 0 Å². The third-order valence-corrected chi connectivity index (χ3v) is 5.63. The van der Waals surface area contributed by atoms with E-state index in [0.717, 1.165) is 49.7 Å². The molecular weight excluding hydrogens is 382 g/mol. The number of morpholine rings is 1. The number of anilines is 1. The average Bonchev–Trinajstić information content (AvgIpc) is 3.02. The summed E-state index contributed by atoms with van der Waals surface area (Å²) in [6, 6.07) is 11.9. The number of fused-ring (bicyclic) bond motifs is 1. The molecule has 3 amide bonds. The maximum atomic E-state index is 12.9. The van der Waals surface area contributed by atoms with Crippen LogP contribution in [0.2, 0.25) is 0 Å². The van der Waals surface area contributed by atoms with Gasteiger partial charge in [-0.15, -0.1) is 0 Å². The Hall–Kier alpha value is -3.03. The van der Waals surface area contributed by atoms with Crippen molar-refractivity contribution in [3.8, 4) is 0 Å². The van der Waals surface area contributed by atoms with Crippen LogP contribution in [0.25, 0.3) is 0 Å². The van der Waals surface area contributed by atoms with Gasteiger partial charge < -0.3 is 15.0 Å². The largest absolute Gasteiger partial charge is 0.370 e. The number of nitrogens with one attached hydrogen (secondary N) is 2. The Balaban J connectivity index is 1.39. The molecule has 0 spiro atoms. The summed E-state index contributed by atoms with van der Waals surface area (Å²) in [4.78, 5) is 40.8. The van der Waals surface area contributed by atoms with Gasteiger partial charge in [0.2, 0.25) is 0 Å². The van der Waals surface area contributed by atoms with E-state index >= 15 is 0 Å². The molecule has 0 aliphatic carbocycles. The molecule has 0 atom stereocenters. The van der Waals surface area contributed by atoms with E-state index in [0.29, 0.717) is 23.4 Å². The van der Waals surface area contributed by atoms with Gasteiger partial charge in [0.05, 0.1) is 36.6 Å². The molecule has 2 aliphatic rings. The third kappa shape index (κ3) is 4.13. The molecule has 2 N–H and O–H groups in total. The van der Waals surface area contributed by atoms with Crippen molar-refractivity contribution in [1.82, 2.24) is 5.32 Å². The number of aryl methyl sites for hydroxylation is 1. The SMILES string of the molecule is Cc1ccc(N2C(=O)c3ccc(C(=O)NCCC[NH+]4CCOCC4)cc3C2=O)cc1. The summed E-state index contributed by atoms with van der Waals surface area (Å²) in [5.74, 6) is -0.993. The van der Waals surface area contributed by atoms with Gasteiger partial charge >= 0.3 is 0 Å². The van der Waals surface area contributed by atoms with Gasteiger partial charge in [-0.2, -0.15) is 0 Å². The number of rotatable bonds is 6. The highest BCUT2D eigenvalue weighted by molar-refractivity contribution is 6.34. The summed E-state index contributed by atoms with van der Waals surface area (Å²) in [5, 5.41) is 2.91. The molecule has 0 aromatic heterocycles. The maximum Gasteiger partial charge on any atom is 0.266 e. The van der Waals surface area contributed by atoms with Crippen LogP contribution in [0.15, 0.2) is 42.5 Å². The van der Waals surface area contributed by atoms with Gasteiger partial charge in [0, 0.05) is 18.5 Å². The fraction of sp³-hybridized carbons (Fsp3) is 0.348. The second-order valence-electron chi connectivity index (χ2n) is 7.76. The van der Waals surface area contributed by atoms with Crippen LogP contribution in [-0.2, 0) is 4.74 Å². The number of benzene rings is 2. The van der Waals surface area contributed by atoms with E-state index in [4.69, 9.17) is 4.74 Å². The Morgan fingerprint density at radius 2 is 1.73 bits per heavy atom. The molecule has 0 saturated carbocycles. The molecule has 4 rings (SSSR count). The van der Waals surface area contributed by atoms with Crippen molar-refractivity contribution in [2.24, 2.45) is 0 Å². The molecule has 2 aromatic carbocycles. The van der Waals surface area contributed by atoms with Crippen molar-refractivity contribution < 1.29 is 24.0 Å². The van der Waals surface area contributed by atoms with E-state index < -0.39 is 5.91 Å². The average molecular weight is 408 g/mol. The summed E-state index contributed by atoms with van der Waals surface area (Å²) >= 11 is 0. The van der Waals surface area contributed by atoms with Crippen molar-refractivity contribution in [2.45, 2.75) is 13.3 Å². The van der Waals surface area contributed by atoms with Gasteiger partial charge in [-0.25, -0.2) is 4.90 Å². The van der Waals surface area contributed by atoms with Crippen LogP contribution >= 0.6 is 0 Å². The molecule has 0 bridgehead atoms. The summed E-state index contributed by atoms with van der Waals surface area (Å²) in [5.41, 5.74) is 2.56. The first kappa shape index (κ1) is 20.3. The molecule has 2 aliphatic heterocycles. The lowest BCUT2D eigenvalue weighted by Gasteiger charge is -2.23. The van der Waals surface area contributed by atoms with E-state index in [2.05, 4.69) is 5.32 Å². The minimum absolute atomic E-state index is 0.233. The number of ether oxygens (including phenoxy) is 1. The topological polar surface area (TPSA) is 80.2 Å². The molecule has 0 radical (unpaired) electrons. The predicted octanol–water partition coefficient (Wildman–Crippen LogP) is 0.831. The summed E-state index contributed by atoms with van der Waals surface area (Å²) in [6.45, 7) is 7.11. The highest BCUT2D eigenvalue weighted by atomic mass is 16.5. The number of nitrogens with zero attached hydrogens (tertiary/aromatic N) is 1. The molecule has 2 heterocycles. The molecule has 1 fully saturated rings. The first-order valence-corrected chi connectivity index (χ1v) is 10.3. The van der Waals surface area contributed by atoms with E-state index in [1.807, 2.05) is 19.1 Å². The van der Waals surface area contributed by atoms with Crippen molar-refractivity contribution in [3.05, 3.63) is 64.7 Å². The quantitative estimate of drug-likeness (QED) is 0.548. The summed E-state index contributed by atoms with van der Waals surface area (Å²) in [7, 11) is 0. The number of carbonyl (C=O) groups excluding carboxylic acids is 3. The lowest BCUT2D eigenvalue weighted by molar-refractivity contribution is -0.908. The monoisotopic (exact) mass is 408 g/mol. The second kappa shape index (κ2) is 8.77. The van der Waals surface area contributed by atoms with Crippen LogP contribution in [0, 0.1) is 6.92 Å². The number of imide groups is 1. The maximum absolute atomic E-state index is 12.9. The molecule has 7 heteroatoms. The normalized spacial score (nSPS) is 16.6. The lowest BCUT2D eigenvalue weighted by Crippen LogP contribution is -3.14. The molecule has 30 heavy (non-hydrogen) atoms. The van der Waals surface area contributed by atoms with Crippen molar-refractivity contribution >= 4 is 23.4 Å². The van der Waals surface area contributed by atoms with Crippen LogP contribution in [0.1, 0.15) is 43.1 Å². The standard InChI is InChI=1S/C23H25N3O4/c1-16-3-6-18(7-4-16)26-22(28)19-8-5-17(15-20(19)23(26)29)21(27)24-9-2-10-25-11-13-30-14-12-25/h3-8,15H,2,9-14H2,1H3,(H,24,27)/p+1. The number of amides is 3. The van der Waals surface area contributed by atoms with Crippen LogP contribution in [0.3, 0.4) is 0 Å². The Labute approximate surface area is 175 Å². The Kier molecular flexibility index (Phi) is 5.92. The van der Waals surface area contributed by atoms with E-state index in [1.54, 1.807) is 24.3 Å². The second-order valence-corrected chi connectivity index (χ2v) is 7.76. The third-order valence-electron chi connectivity index (χ3n) is 5.63. The van der Waals surface area contributed by atoms with Gasteiger partial charge in [-0.1, -0.05) is 17.7 Å². The van der Waals surface area contributed by atoms with Crippen molar-refractivity contribution in [1.29, 1.82) is 0 Å². The van der Waals surface area contributed by atoms with Crippen molar-refractivity contribution in [3.63, 3.8) is 0 Å². The number of hydrogen-bond acceptors (Lipinski definition) is 4. The molecule has 0 unspecified atom stereocenters. The first-order chi connectivity index (χ1) is 14.5. The summed E-state index contributed by atoms with van der Waals surface area (Å²) < 4.78 is 5.35. The highest BCUT2D eigenvalue weighted by Crippen LogP contribution is 2.29. The minimum Gasteiger partial charge on any atom is -0.370 e. The fourth-order valence-corrected chi connectivity index (χ4v) is 3.86. The molecular formula is C23H26N3O4+. The molecule has 1 saturated heterocycles. The Morgan fingerprint density at radius 1 is 1.03 bits per heavy atom. The fourth-order valence-electron chi connectivity index (χ4n) is 3.86. The van der Waals surface area contributed by atoms with Gasteiger partial charge in [0.25, 0.3) is 17.7 Å². The number of hydrogen-bond donors (Lipinski definition) is 2. The van der Waals surface area contributed by atoms with Gasteiger partial charge in [-0.05, 0) is 37.3 Å². The molecule has 156 valence electrons. The van der Waals surface area contributed by atoms with Crippen LogP contribution in [0.4, 0.5) is 5.69 Å². The molecule has 7 nitrogen and oxygen atoms in total. The number of quaternary nitrogens is 1. The summed E-state index contributed by atoms with van der Waals surface area (Å²) in [6.07, 6.45) is 0.880. The van der Waals surface area contributed by atoms with Gasteiger partial charge in [0.15, 0.2) is 0 Å². The lowest BCUT2D eigenvalue weighted by atomic mass is 10.1. The predicted molar refractivity (Wildman–Crippen MR) is 112 cm³/mol. The zero-order valence-electron chi connectivity index (χ0n) is 17.1. The van der Waals surface area contributed by atoms with Gasteiger partial charge in [0.1, 0.15) is 13.1 Å². The Morgan fingerprint density at radius 3 is 2.47 bits per heavy atom. The van der Waals surface area contributed by atoms with E-state index in [1.165, 1.54) is 11.0 Å². The Bertz CT molecular complexity index is 965. The van der Waals surface area contributed by atoms with Gasteiger partial charge in [-0.3, -0.25) is 14.4 Å². The van der Waals surface area contributed by atoms with E-state index in [-0.39, 0.29) is 17.4 Å². The zero-order chi connectivity index (χ0) is 21.1. The van der Waals surface area contributed by atoms with Crippen molar-refractivity contribution in [2.75, 3.05) is 44.3 Å². The van der Waals surface area contributed by atoms with Crippen LogP contribution in [-0.4, -0.2) is 57.1 Å². The highest BCUT2D eigenvalue weighted by Gasteiger charge is 2.37. The molecule has 2 aromatic rings. The van der Waals surface area contributed by atoms with Crippen LogP contribution < -0.4 is 15.1 Å². The minimum atomic E-state index is -0.399. The number of carbonyl (C=O) groups is 3. The smallest absolute Gasteiger partial charge is 0.266 e.